The van der Waals surface area contributed by atoms with E-state index in [0.29, 0.717) is 24.0 Å². The summed E-state index contributed by atoms with van der Waals surface area (Å²) in [7, 11) is 0. The first kappa shape index (κ1) is 28.0. The fourth-order valence-corrected chi connectivity index (χ4v) is 5.90. The molecule has 0 spiro atoms. The highest BCUT2D eigenvalue weighted by Crippen LogP contribution is 2.35. The van der Waals surface area contributed by atoms with E-state index in [-0.39, 0.29) is 47.2 Å². The summed E-state index contributed by atoms with van der Waals surface area (Å²) < 4.78 is 5.81. The van der Waals surface area contributed by atoms with Crippen molar-refractivity contribution >= 4 is 29.2 Å². The SMILES string of the molecule is CC1=C(CCCCC(=O)N[C@@H]2[C@@H](O)[C@H](O)[C@@H](CO)O[C@@H]2Sc2ccccc2)C(=O)c2c(O)cccc2C1=O. The topological polar surface area (TPSA) is 153 Å². The monoisotopic (exact) mass is 541 g/mol. The van der Waals surface area contributed by atoms with E-state index in [1.807, 2.05) is 30.3 Å². The predicted octanol–water partition coefficient (Wildman–Crippen LogP) is 2.36. The summed E-state index contributed by atoms with van der Waals surface area (Å²) in [6.07, 6.45) is -2.50. The predicted molar refractivity (Wildman–Crippen MR) is 140 cm³/mol. The lowest BCUT2D eigenvalue weighted by molar-refractivity contribution is -0.173. The maximum absolute atomic E-state index is 13.0. The van der Waals surface area contributed by atoms with E-state index in [9.17, 15) is 34.8 Å². The van der Waals surface area contributed by atoms with Gasteiger partial charge in [-0.3, -0.25) is 14.4 Å². The number of amides is 1. The first-order valence-electron chi connectivity index (χ1n) is 12.5. The van der Waals surface area contributed by atoms with Crippen LogP contribution < -0.4 is 5.32 Å². The Morgan fingerprint density at radius 2 is 1.74 bits per heavy atom. The van der Waals surface area contributed by atoms with Crippen LogP contribution in [0.15, 0.2) is 64.6 Å². The molecule has 0 unspecified atom stereocenters. The summed E-state index contributed by atoms with van der Waals surface area (Å²) in [4.78, 5) is 39.2. The van der Waals surface area contributed by atoms with Crippen molar-refractivity contribution in [1.29, 1.82) is 0 Å². The van der Waals surface area contributed by atoms with Crippen LogP contribution in [-0.2, 0) is 9.53 Å². The summed E-state index contributed by atoms with van der Waals surface area (Å²) in [6.45, 7) is 1.11. The average molecular weight is 542 g/mol. The van der Waals surface area contributed by atoms with Gasteiger partial charge in [-0.25, -0.2) is 0 Å². The molecule has 1 aliphatic heterocycles. The molecule has 9 nitrogen and oxygen atoms in total. The molecule has 1 saturated heterocycles. The number of aliphatic hydroxyl groups is 3. The fraction of sp³-hybridized carbons (Fsp3) is 0.393. The normalized spacial score (nSPS) is 25.3. The van der Waals surface area contributed by atoms with Gasteiger partial charge in [-0.05, 0) is 44.4 Å². The Morgan fingerprint density at radius 3 is 2.45 bits per heavy atom. The van der Waals surface area contributed by atoms with E-state index in [0.717, 1.165) is 4.90 Å². The Bertz CT molecular complexity index is 1230. The quantitative estimate of drug-likeness (QED) is 0.301. The second-order valence-electron chi connectivity index (χ2n) is 9.40. The Labute approximate surface area is 224 Å². The number of hydrogen-bond acceptors (Lipinski definition) is 9. The number of ketones is 2. The Balaban J connectivity index is 1.35. The second-order valence-corrected chi connectivity index (χ2v) is 10.6. The second kappa shape index (κ2) is 12.2. The number of Topliss-reactive ketones (excluding diaryl/α,β-unsaturated/α-hetero) is 2. The van der Waals surface area contributed by atoms with Crippen LogP contribution in [0.3, 0.4) is 0 Å². The zero-order chi connectivity index (χ0) is 27.4. The third-order valence-corrected chi connectivity index (χ3v) is 8.05. The van der Waals surface area contributed by atoms with Crippen molar-refractivity contribution in [2.45, 2.75) is 67.3 Å². The lowest BCUT2D eigenvalue weighted by Crippen LogP contribution is -2.63. The highest BCUT2D eigenvalue weighted by Gasteiger charge is 2.45. The van der Waals surface area contributed by atoms with Crippen molar-refractivity contribution in [3.05, 3.63) is 70.8 Å². The van der Waals surface area contributed by atoms with E-state index < -0.39 is 36.4 Å². The van der Waals surface area contributed by atoms with E-state index in [2.05, 4.69) is 5.32 Å². The van der Waals surface area contributed by atoms with Crippen molar-refractivity contribution in [1.82, 2.24) is 5.32 Å². The van der Waals surface area contributed by atoms with Gasteiger partial charge >= 0.3 is 0 Å². The molecule has 5 N–H and O–H groups in total. The molecule has 0 aromatic heterocycles. The molecule has 1 aliphatic carbocycles. The van der Waals surface area contributed by atoms with E-state index in [1.54, 1.807) is 6.92 Å². The Morgan fingerprint density at radius 1 is 1.00 bits per heavy atom. The molecule has 2 aromatic carbocycles. The minimum atomic E-state index is -1.37. The van der Waals surface area contributed by atoms with E-state index in [4.69, 9.17) is 4.74 Å². The number of rotatable bonds is 9. The number of ether oxygens (including phenoxy) is 1. The Kier molecular flexibility index (Phi) is 9.01. The molecule has 2 aliphatic rings. The number of benzene rings is 2. The molecule has 5 atom stereocenters. The van der Waals surface area contributed by atoms with E-state index in [1.165, 1.54) is 30.0 Å². The maximum atomic E-state index is 13.0. The smallest absolute Gasteiger partial charge is 0.220 e. The number of carbonyl (C=O) groups excluding carboxylic acids is 3. The number of phenols is 1. The molecule has 38 heavy (non-hydrogen) atoms. The van der Waals surface area contributed by atoms with Gasteiger partial charge in [0.2, 0.25) is 5.91 Å². The first-order valence-corrected chi connectivity index (χ1v) is 13.4. The third-order valence-electron chi connectivity index (χ3n) is 6.87. The summed E-state index contributed by atoms with van der Waals surface area (Å²) in [6, 6.07) is 12.7. The van der Waals surface area contributed by atoms with Crippen LogP contribution in [-0.4, -0.2) is 74.3 Å². The number of fused-ring (bicyclic) bond motifs is 1. The fourth-order valence-electron chi connectivity index (χ4n) is 4.74. The molecule has 1 fully saturated rings. The number of aromatic hydroxyl groups is 1. The van der Waals surface area contributed by atoms with Gasteiger partial charge in [-0.15, -0.1) is 0 Å². The van der Waals surface area contributed by atoms with E-state index >= 15 is 0 Å². The molecule has 10 heteroatoms. The van der Waals surface area contributed by atoms with Crippen LogP contribution >= 0.6 is 11.8 Å². The number of thioether (sulfide) groups is 1. The van der Waals surface area contributed by atoms with Crippen molar-refractivity contribution in [2.75, 3.05) is 6.61 Å². The molecule has 0 bridgehead atoms. The highest BCUT2D eigenvalue weighted by atomic mass is 32.2. The van der Waals surface area contributed by atoms with Crippen LogP contribution in [0.2, 0.25) is 0 Å². The van der Waals surface area contributed by atoms with Gasteiger partial charge < -0.3 is 30.5 Å². The van der Waals surface area contributed by atoms with Crippen LogP contribution in [0, 0.1) is 0 Å². The number of phenolic OH excluding ortho intramolecular Hbond substituents is 1. The zero-order valence-electron chi connectivity index (χ0n) is 20.9. The molecule has 1 heterocycles. The molecule has 202 valence electrons. The summed E-state index contributed by atoms with van der Waals surface area (Å²) >= 11 is 1.27. The summed E-state index contributed by atoms with van der Waals surface area (Å²) in [5.74, 6) is -1.27. The maximum Gasteiger partial charge on any atom is 0.220 e. The number of allylic oxidation sites excluding steroid dienone is 2. The standard InChI is InChI=1S/C28H31NO8S/c1-15-17(25(34)22-18(24(15)33)11-7-12-19(22)31)10-5-6-13-21(32)29-23-27(36)26(35)20(14-30)37-28(23)38-16-8-3-2-4-9-16/h2-4,7-9,11-12,20,23,26-28,30-31,35-36H,5-6,10,13-14H2,1H3,(H,29,32)/t20-,23-,26-,27-,28-/m1/s1. The highest BCUT2D eigenvalue weighted by molar-refractivity contribution is 7.99. The Hall–Kier alpha value is -3.02. The van der Waals surface area contributed by atoms with Crippen LogP contribution in [0.4, 0.5) is 0 Å². The first-order chi connectivity index (χ1) is 18.2. The van der Waals surface area contributed by atoms with Gasteiger partial charge in [0.05, 0.1) is 18.2 Å². The van der Waals surface area contributed by atoms with Gasteiger partial charge in [0.15, 0.2) is 11.6 Å². The molecule has 0 radical (unpaired) electrons. The number of nitrogens with one attached hydrogen (secondary N) is 1. The average Bonchev–Trinajstić information content (AvgIpc) is 2.91. The summed E-state index contributed by atoms with van der Waals surface area (Å²) in [5, 5.41) is 43.5. The number of carbonyl (C=O) groups is 3. The van der Waals surface area contributed by atoms with Crippen molar-refractivity contribution in [3.8, 4) is 5.75 Å². The molecular formula is C28H31NO8S. The van der Waals surface area contributed by atoms with Gasteiger partial charge in [-0.2, -0.15) is 0 Å². The lowest BCUT2D eigenvalue weighted by atomic mass is 9.82. The van der Waals surface area contributed by atoms with Crippen molar-refractivity contribution in [2.24, 2.45) is 0 Å². The molecule has 0 saturated carbocycles. The van der Waals surface area contributed by atoms with Gasteiger partial charge in [0.25, 0.3) is 0 Å². The van der Waals surface area contributed by atoms with Crippen LogP contribution in [0.1, 0.15) is 53.3 Å². The lowest BCUT2D eigenvalue weighted by Gasteiger charge is -2.42. The third kappa shape index (κ3) is 5.84. The molecule has 2 aromatic rings. The number of unbranched alkanes of at least 4 members (excludes halogenated alkanes) is 1. The summed E-state index contributed by atoms with van der Waals surface area (Å²) in [5.41, 5.74) is 0.135. The molecule has 4 rings (SSSR count). The van der Waals surface area contributed by atoms with Crippen molar-refractivity contribution < 1.29 is 39.5 Å². The van der Waals surface area contributed by atoms with Gasteiger partial charge in [-0.1, -0.05) is 42.1 Å². The zero-order valence-corrected chi connectivity index (χ0v) is 21.7. The molecular weight excluding hydrogens is 510 g/mol. The molecule has 1 amide bonds. The minimum absolute atomic E-state index is 0.0174. The van der Waals surface area contributed by atoms with Gasteiger partial charge in [0, 0.05) is 28.0 Å². The van der Waals surface area contributed by atoms with Crippen LogP contribution in [0.25, 0.3) is 0 Å². The number of hydrogen-bond donors (Lipinski definition) is 5. The minimum Gasteiger partial charge on any atom is -0.507 e. The van der Waals surface area contributed by atoms with Crippen LogP contribution in [0.5, 0.6) is 5.75 Å². The largest absolute Gasteiger partial charge is 0.507 e. The number of aliphatic hydroxyl groups excluding tert-OH is 3. The van der Waals surface area contributed by atoms with Crippen molar-refractivity contribution in [3.63, 3.8) is 0 Å². The van der Waals surface area contributed by atoms with Gasteiger partial charge in [0.1, 0.15) is 29.5 Å².